The highest BCUT2D eigenvalue weighted by atomic mass is 35.5. The number of nitrogens with zero attached hydrogens (tertiary/aromatic N) is 1. The summed E-state index contributed by atoms with van der Waals surface area (Å²) < 4.78 is 0.868. The summed E-state index contributed by atoms with van der Waals surface area (Å²) >= 11 is 11.9. The molecule has 0 spiro atoms. The van der Waals surface area contributed by atoms with E-state index in [1.165, 1.54) is 6.20 Å². The van der Waals surface area contributed by atoms with Crippen molar-refractivity contribution < 1.29 is 19.8 Å². The standard InChI is InChI=1S/C13H17Cl2NO4/c1-2-3-4-5-6-8-7-16(15)11(13(19)20)9(10(8)14)12(17)18/h7,11H,2-6H2,1H3,(H,17,18)(H,19,20). The van der Waals surface area contributed by atoms with Crippen molar-refractivity contribution in [3.05, 3.63) is 22.4 Å². The van der Waals surface area contributed by atoms with Crippen LogP contribution in [0.25, 0.3) is 0 Å². The van der Waals surface area contributed by atoms with Gasteiger partial charge in [0.1, 0.15) is 0 Å². The number of hydrogen-bond acceptors (Lipinski definition) is 3. The molecule has 1 aliphatic rings. The highest BCUT2D eigenvalue weighted by molar-refractivity contribution is 6.35. The number of carboxylic acid groups (broad SMARTS) is 2. The van der Waals surface area contributed by atoms with Crippen molar-refractivity contribution in [3.63, 3.8) is 0 Å². The van der Waals surface area contributed by atoms with Gasteiger partial charge in [0.2, 0.25) is 0 Å². The Kier molecular flexibility index (Phi) is 6.36. The van der Waals surface area contributed by atoms with Crippen molar-refractivity contribution in [3.8, 4) is 0 Å². The highest BCUT2D eigenvalue weighted by Crippen LogP contribution is 2.34. The number of allylic oxidation sites excluding steroid dienone is 2. The predicted molar refractivity (Wildman–Crippen MR) is 76.5 cm³/mol. The van der Waals surface area contributed by atoms with Gasteiger partial charge in [0.25, 0.3) is 0 Å². The van der Waals surface area contributed by atoms with Crippen molar-refractivity contribution in [2.45, 2.75) is 45.1 Å². The van der Waals surface area contributed by atoms with E-state index in [2.05, 4.69) is 6.92 Å². The fourth-order valence-corrected chi connectivity index (χ4v) is 2.68. The second-order valence-corrected chi connectivity index (χ2v) is 5.35. The van der Waals surface area contributed by atoms with E-state index in [4.69, 9.17) is 33.6 Å². The number of hydrogen-bond donors (Lipinski definition) is 2. The Labute approximate surface area is 127 Å². The molecule has 1 rings (SSSR count). The Morgan fingerprint density at radius 3 is 2.45 bits per heavy atom. The Morgan fingerprint density at radius 1 is 1.30 bits per heavy atom. The maximum atomic E-state index is 11.2. The summed E-state index contributed by atoms with van der Waals surface area (Å²) in [6.45, 7) is 2.09. The molecule has 0 fully saturated rings. The fourth-order valence-electron chi connectivity index (χ4n) is 2.05. The molecule has 0 bridgehead atoms. The lowest BCUT2D eigenvalue weighted by Crippen LogP contribution is -2.39. The van der Waals surface area contributed by atoms with Crippen molar-refractivity contribution in [2.24, 2.45) is 0 Å². The lowest BCUT2D eigenvalue weighted by molar-refractivity contribution is -0.143. The van der Waals surface area contributed by atoms with Crippen LogP contribution in [0.5, 0.6) is 0 Å². The average Bonchev–Trinajstić information content (AvgIpc) is 2.36. The summed E-state index contributed by atoms with van der Waals surface area (Å²) in [5.74, 6) is -2.72. The normalized spacial score (nSPS) is 19.1. The fraction of sp³-hybridized carbons (Fsp3) is 0.538. The number of carboxylic acids is 2. The van der Waals surface area contributed by atoms with Crippen molar-refractivity contribution in [1.82, 2.24) is 4.42 Å². The predicted octanol–water partition coefficient (Wildman–Crippen LogP) is 3.34. The second-order valence-electron chi connectivity index (χ2n) is 4.58. The molecule has 0 saturated heterocycles. The van der Waals surface area contributed by atoms with Crippen LogP contribution in [0.4, 0.5) is 0 Å². The first-order valence-corrected chi connectivity index (χ1v) is 7.12. The summed E-state index contributed by atoms with van der Waals surface area (Å²) in [6.07, 6.45) is 6.01. The molecule has 1 atom stereocenters. The topological polar surface area (TPSA) is 77.8 Å². The van der Waals surface area contributed by atoms with Gasteiger partial charge in [0.05, 0.1) is 10.6 Å². The molecule has 0 aliphatic carbocycles. The third-order valence-electron chi connectivity index (χ3n) is 3.08. The second kappa shape index (κ2) is 7.55. The smallest absolute Gasteiger partial charge is 0.335 e. The molecule has 1 aliphatic heterocycles. The summed E-state index contributed by atoms with van der Waals surface area (Å²) in [7, 11) is 0. The average molecular weight is 322 g/mol. The summed E-state index contributed by atoms with van der Waals surface area (Å²) in [4.78, 5) is 22.3. The monoisotopic (exact) mass is 321 g/mol. The van der Waals surface area contributed by atoms with Crippen molar-refractivity contribution >= 4 is 35.3 Å². The zero-order valence-corrected chi connectivity index (χ0v) is 12.6. The molecule has 0 aromatic rings. The molecule has 112 valence electrons. The first-order chi connectivity index (χ1) is 9.40. The van der Waals surface area contributed by atoms with Gasteiger partial charge in [-0.25, -0.2) is 9.59 Å². The van der Waals surface area contributed by atoms with E-state index in [9.17, 15) is 9.59 Å². The van der Waals surface area contributed by atoms with Crippen LogP contribution in [-0.2, 0) is 9.59 Å². The zero-order chi connectivity index (χ0) is 15.3. The van der Waals surface area contributed by atoms with Gasteiger partial charge in [-0.3, -0.25) is 4.42 Å². The molecule has 20 heavy (non-hydrogen) atoms. The number of aliphatic carboxylic acids is 2. The zero-order valence-electron chi connectivity index (χ0n) is 11.1. The van der Waals surface area contributed by atoms with E-state index in [1.54, 1.807) is 0 Å². The SMILES string of the molecule is CCCCCCC1=CN(Cl)C(C(=O)O)C(C(=O)O)=C1Cl. The van der Waals surface area contributed by atoms with Gasteiger partial charge < -0.3 is 10.2 Å². The maximum Gasteiger partial charge on any atom is 0.335 e. The molecule has 0 amide bonds. The lowest BCUT2D eigenvalue weighted by atomic mass is 9.97. The summed E-state index contributed by atoms with van der Waals surface area (Å²) in [5.41, 5.74) is 0.176. The summed E-state index contributed by atoms with van der Waals surface area (Å²) in [6, 6.07) is -1.47. The molecule has 1 heterocycles. The third kappa shape index (κ3) is 3.90. The van der Waals surface area contributed by atoms with Crippen LogP contribution in [0.1, 0.15) is 39.0 Å². The van der Waals surface area contributed by atoms with Crippen LogP contribution in [-0.4, -0.2) is 32.6 Å². The van der Waals surface area contributed by atoms with Gasteiger partial charge in [0.15, 0.2) is 6.04 Å². The van der Waals surface area contributed by atoms with Crippen molar-refractivity contribution in [2.75, 3.05) is 0 Å². The lowest BCUT2D eigenvalue weighted by Gasteiger charge is -2.27. The van der Waals surface area contributed by atoms with Crippen LogP contribution in [0.15, 0.2) is 22.4 Å². The molecule has 0 saturated carbocycles. The van der Waals surface area contributed by atoms with E-state index in [0.29, 0.717) is 12.0 Å². The minimum atomic E-state index is -1.47. The van der Waals surface area contributed by atoms with Crippen LogP contribution in [0.3, 0.4) is 0 Å². The molecule has 0 aromatic heterocycles. The Bertz CT molecular complexity index is 459. The van der Waals surface area contributed by atoms with Crippen LogP contribution in [0, 0.1) is 0 Å². The van der Waals surface area contributed by atoms with E-state index >= 15 is 0 Å². The van der Waals surface area contributed by atoms with Gasteiger partial charge in [0, 0.05) is 18.0 Å². The Hall–Kier alpha value is -1.20. The molecule has 1 unspecified atom stereocenters. The molecular weight excluding hydrogens is 305 g/mol. The highest BCUT2D eigenvalue weighted by Gasteiger charge is 2.37. The van der Waals surface area contributed by atoms with Gasteiger partial charge in [-0.15, -0.1) is 0 Å². The van der Waals surface area contributed by atoms with Crippen LogP contribution >= 0.6 is 23.4 Å². The molecule has 0 radical (unpaired) electrons. The number of carbonyl (C=O) groups is 2. The van der Waals surface area contributed by atoms with Crippen LogP contribution in [0.2, 0.25) is 0 Å². The molecule has 7 heteroatoms. The minimum absolute atomic E-state index is 0.0155. The van der Waals surface area contributed by atoms with Crippen LogP contribution < -0.4 is 0 Å². The van der Waals surface area contributed by atoms with Gasteiger partial charge in [-0.05, 0) is 18.4 Å². The summed E-state index contributed by atoms with van der Waals surface area (Å²) in [5, 5.41) is 18.2. The van der Waals surface area contributed by atoms with Gasteiger partial charge >= 0.3 is 11.9 Å². The quantitative estimate of drug-likeness (QED) is 0.555. The minimum Gasteiger partial charge on any atom is -0.479 e. The largest absolute Gasteiger partial charge is 0.479 e. The molecule has 0 aromatic carbocycles. The van der Waals surface area contributed by atoms with E-state index < -0.39 is 18.0 Å². The maximum absolute atomic E-state index is 11.2. The van der Waals surface area contributed by atoms with Gasteiger partial charge in [-0.1, -0.05) is 37.8 Å². The molecular formula is C13H17Cl2NO4. The van der Waals surface area contributed by atoms with E-state index in [0.717, 1.165) is 30.1 Å². The van der Waals surface area contributed by atoms with Gasteiger partial charge in [-0.2, -0.15) is 0 Å². The van der Waals surface area contributed by atoms with E-state index in [1.807, 2.05) is 0 Å². The molecule has 5 nitrogen and oxygen atoms in total. The molecule has 2 N–H and O–H groups in total. The first-order valence-electron chi connectivity index (χ1n) is 6.41. The van der Waals surface area contributed by atoms with E-state index in [-0.39, 0.29) is 10.6 Å². The first kappa shape index (κ1) is 16.9. The number of unbranched alkanes of at least 4 members (excludes halogenated alkanes) is 3. The number of halogens is 2. The number of rotatable bonds is 7. The Balaban J connectivity index is 2.95. The van der Waals surface area contributed by atoms with Crippen molar-refractivity contribution in [1.29, 1.82) is 0 Å². The Morgan fingerprint density at radius 2 is 1.95 bits per heavy atom. The third-order valence-corrected chi connectivity index (χ3v) is 3.82.